The lowest BCUT2D eigenvalue weighted by molar-refractivity contribution is -0.124. The third-order valence-electron chi connectivity index (χ3n) is 4.36. The smallest absolute Gasteiger partial charge is 0.241 e. The van der Waals surface area contributed by atoms with E-state index in [0.717, 1.165) is 0 Å². The number of hydrogen-bond donors (Lipinski definition) is 2. The standard InChI is InChI=1S/C20H24N2O5S/c1-14(2)19(22-28(24,25)16-8-4-3-5-9-16)20(23)21-12-15-13-26-17-10-6-7-11-18(17)27-15/h3-11,14-15,19,22H,12-13H2,1-2H3,(H,21,23)/t15-,19-/m1/s1. The summed E-state index contributed by atoms with van der Waals surface area (Å²) >= 11 is 0. The van der Waals surface area contributed by atoms with Crippen LogP contribution in [-0.2, 0) is 14.8 Å². The molecule has 7 nitrogen and oxygen atoms in total. The summed E-state index contributed by atoms with van der Waals surface area (Å²) in [6, 6.07) is 14.4. The fraction of sp³-hybridized carbons (Fsp3) is 0.350. The van der Waals surface area contributed by atoms with E-state index in [1.807, 2.05) is 18.2 Å². The Morgan fingerprint density at radius 2 is 1.71 bits per heavy atom. The Morgan fingerprint density at radius 3 is 2.39 bits per heavy atom. The number of nitrogens with one attached hydrogen (secondary N) is 2. The first-order chi connectivity index (χ1) is 13.4. The molecular formula is C20H24N2O5S. The predicted octanol–water partition coefficient (Wildman–Crippen LogP) is 1.95. The van der Waals surface area contributed by atoms with E-state index >= 15 is 0 Å². The van der Waals surface area contributed by atoms with Crippen LogP contribution in [0.15, 0.2) is 59.5 Å². The Hall–Kier alpha value is -2.58. The van der Waals surface area contributed by atoms with Gasteiger partial charge in [-0.2, -0.15) is 4.72 Å². The van der Waals surface area contributed by atoms with Crippen molar-refractivity contribution in [1.82, 2.24) is 10.0 Å². The molecule has 0 aromatic heterocycles. The maximum Gasteiger partial charge on any atom is 0.241 e. The second-order valence-electron chi connectivity index (χ2n) is 6.90. The largest absolute Gasteiger partial charge is 0.486 e. The SMILES string of the molecule is CC(C)[C@@H](NS(=O)(=O)c1ccccc1)C(=O)NC[C@@H]1COc2ccccc2O1. The number of hydrogen-bond acceptors (Lipinski definition) is 5. The van der Waals surface area contributed by atoms with Crippen molar-refractivity contribution in [2.45, 2.75) is 30.9 Å². The first kappa shape index (κ1) is 20.2. The molecule has 0 bridgehead atoms. The number of sulfonamides is 1. The Morgan fingerprint density at radius 1 is 1.07 bits per heavy atom. The summed E-state index contributed by atoms with van der Waals surface area (Å²) in [5.74, 6) is 0.652. The average Bonchev–Trinajstić information content (AvgIpc) is 2.70. The van der Waals surface area contributed by atoms with E-state index in [4.69, 9.17) is 9.47 Å². The van der Waals surface area contributed by atoms with Gasteiger partial charge in [-0.3, -0.25) is 4.79 Å². The Balaban J connectivity index is 1.61. The van der Waals surface area contributed by atoms with E-state index in [0.29, 0.717) is 18.1 Å². The monoisotopic (exact) mass is 404 g/mol. The molecule has 2 aromatic rings. The molecule has 1 amide bonds. The third-order valence-corrected chi connectivity index (χ3v) is 5.81. The molecule has 0 spiro atoms. The molecule has 0 aliphatic carbocycles. The van der Waals surface area contributed by atoms with Crippen LogP contribution >= 0.6 is 0 Å². The summed E-state index contributed by atoms with van der Waals surface area (Å²) in [4.78, 5) is 12.8. The van der Waals surface area contributed by atoms with E-state index in [1.54, 1.807) is 38.1 Å². The Bertz CT molecular complexity index is 915. The zero-order valence-electron chi connectivity index (χ0n) is 15.8. The highest BCUT2D eigenvalue weighted by atomic mass is 32.2. The predicted molar refractivity (Wildman–Crippen MR) is 105 cm³/mol. The van der Waals surface area contributed by atoms with Gasteiger partial charge < -0.3 is 14.8 Å². The van der Waals surface area contributed by atoms with Crippen molar-refractivity contribution in [3.8, 4) is 11.5 Å². The van der Waals surface area contributed by atoms with E-state index in [-0.39, 0.29) is 23.5 Å². The molecule has 0 saturated heterocycles. The fourth-order valence-electron chi connectivity index (χ4n) is 2.82. The average molecular weight is 404 g/mol. The summed E-state index contributed by atoms with van der Waals surface area (Å²) in [5, 5.41) is 2.77. The maximum absolute atomic E-state index is 12.6. The van der Waals surface area contributed by atoms with Gasteiger partial charge in [-0.1, -0.05) is 44.2 Å². The molecule has 0 saturated carbocycles. The van der Waals surface area contributed by atoms with Crippen molar-refractivity contribution >= 4 is 15.9 Å². The van der Waals surface area contributed by atoms with Crippen LogP contribution in [0.25, 0.3) is 0 Å². The lowest BCUT2D eigenvalue weighted by Crippen LogP contribution is -2.52. The molecule has 2 N–H and O–H groups in total. The number of amides is 1. The first-order valence-corrected chi connectivity index (χ1v) is 10.6. The maximum atomic E-state index is 12.6. The van der Waals surface area contributed by atoms with Gasteiger partial charge in [-0.15, -0.1) is 0 Å². The molecule has 28 heavy (non-hydrogen) atoms. The summed E-state index contributed by atoms with van der Waals surface area (Å²) < 4.78 is 39.1. The van der Waals surface area contributed by atoms with Crippen LogP contribution in [0.2, 0.25) is 0 Å². The van der Waals surface area contributed by atoms with Crippen LogP contribution in [0, 0.1) is 5.92 Å². The highest BCUT2D eigenvalue weighted by Gasteiger charge is 2.29. The quantitative estimate of drug-likeness (QED) is 0.736. The van der Waals surface area contributed by atoms with Gasteiger partial charge in [-0.25, -0.2) is 8.42 Å². The van der Waals surface area contributed by atoms with Crippen LogP contribution in [0.4, 0.5) is 0 Å². The van der Waals surface area contributed by atoms with Gasteiger partial charge in [0.1, 0.15) is 18.8 Å². The highest BCUT2D eigenvalue weighted by Crippen LogP contribution is 2.30. The topological polar surface area (TPSA) is 93.7 Å². The Labute approximate surface area is 165 Å². The minimum Gasteiger partial charge on any atom is -0.486 e. The molecule has 0 radical (unpaired) electrons. The molecule has 1 heterocycles. The number of fused-ring (bicyclic) bond motifs is 1. The third kappa shape index (κ3) is 4.82. The van der Waals surface area contributed by atoms with Gasteiger partial charge in [0, 0.05) is 0 Å². The highest BCUT2D eigenvalue weighted by molar-refractivity contribution is 7.89. The number of carbonyl (C=O) groups is 1. The van der Waals surface area contributed by atoms with Crippen molar-refractivity contribution in [2.75, 3.05) is 13.2 Å². The zero-order chi connectivity index (χ0) is 20.1. The molecule has 0 fully saturated rings. The van der Waals surface area contributed by atoms with Crippen molar-refractivity contribution in [3.05, 3.63) is 54.6 Å². The van der Waals surface area contributed by atoms with Crippen molar-refractivity contribution in [1.29, 1.82) is 0 Å². The second-order valence-corrected chi connectivity index (χ2v) is 8.61. The lowest BCUT2D eigenvalue weighted by Gasteiger charge is -2.28. The van der Waals surface area contributed by atoms with Crippen LogP contribution in [0.5, 0.6) is 11.5 Å². The van der Waals surface area contributed by atoms with Crippen LogP contribution < -0.4 is 19.5 Å². The molecular weight excluding hydrogens is 380 g/mol. The van der Waals surface area contributed by atoms with E-state index in [1.165, 1.54) is 12.1 Å². The van der Waals surface area contributed by atoms with Crippen LogP contribution in [-0.4, -0.2) is 39.6 Å². The van der Waals surface area contributed by atoms with Crippen molar-refractivity contribution in [2.24, 2.45) is 5.92 Å². The minimum absolute atomic E-state index is 0.120. The van der Waals surface area contributed by atoms with Gasteiger partial charge in [-0.05, 0) is 30.2 Å². The van der Waals surface area contributed by atoms with Crippen molar-refractivity contribution in [3.63, 3.8) is 0 Å². The molecule has 3 rings (SSSR count). The van der Waals surface area contributed by atoms with Gasteiger partial charge in [0.2, 0.25) is 15.9 Å². The van der Waals surface area contributed by atoms with Gasteiger partial charge in [0.15, 0.2) is 11.5 Å². The number of para-hydroxylation sites is 2. The number of ether oxygens (including phenoxy) is 2. The summed E-state index contributed by atoms with van der Waals surface area (Å²) in [7, 11) is -3.80. The minimum atomic E-state index is -3.80. The molecule has 8 heteroatoms. The molecule has 1 aliphatic heterocycles. The second kappa shape index (κ2) is 8.62. The number of benzene rings is 2. The lowest BCUT2D eigenvalue weighted by atomic mass is 10.1. The molecule has 2 atom stereocenters. The van der Waals surface area contributed by atoms with Gasteiger partial charge >= 0.3 is 0 Å². The molecule has 0 unspecified atom stereocenters. The van der Waals surface area contributed by atoms with E-state index < -0.39 is 22.0 Å². The van der Waals surface area contributed by atoms with Crippen LogP contribution in [0.1, 0.15) is 13.8 Å². The fourth-order valence-corrected chi connectivity index (χ4v) is 4.18. The van der Waals surface area contributed by atoms with Crippen LogP contribution in [0.3, 0.4) is 0 Å². The summed E-state index contributed by atoms with van der Waals surface area (Å²) in [6.07, 6.45) is -0.350. The zero-order valence-corrected chi connectivity index (χ0v) is 16.6. The van der Waals surface area contributed by atoms with E-state index in [9.17, 15) is 13.2 Å². The van der Waals surface area contributed by atoms with E-state index in [2.05, 4.69) is 10.0 Å². The number of rotatable bonds is 7. The molecule has 1 aliphatic rings. The summed E-state index contributed by atoms with van der Waals surface area (Å²) in [5.41, 5.74) is 0. The number of carbonyl (C=O) groups excluding carboxylic acids is 1. The van der Waals surface area contributed by atoms with Gasteiger partial charge in [0.05, 0.1) is 11.4 Å². The van der Waals surface area contributed by atoms with Crippen molar-refractivity contribution < 1.29 is 22.7 Å². The molecule has 2 aromatic carbocycles. The Kier molecular flexibility index (Phi) is 6.21. The summed E-state index contributed by atoms with van der Waals surface area (Å²) in [6.45, 7) is 4.09. The molecule has 150 valence electrons. The first-order valence-electron chi connectivity index (χ1n) is 9.10. The van der Waals surface area contributed by atoms with Gasteiger partial charge in [0.25, 0.3) is 0 Å². The normalized spacial score (nSPS) is 17.2.